The Hall–Kier alpha value is -2.04. The van der Waals surface area contributed by atoms with E-state index in [4.69, 9.17) is 10.9 Å². The number of oxime groups is 1. The van der Waals surface area contributed by atoms with Crippen LogP contribution in [0.4, 0.5) is 0 Å². The number of likely N-dealkylation sites (N-methyl/N-ethyl adjacent to an activating group) is 1. The molecule has 1 aromatic rings. The minimum absolute atomic E-state index is 0.00520. The van der Waals surface area contributed by atoms with Gasteiger partial charge in [0, 0.05) is 12.6 Å². The molecular weight excluding hydrogens is 218 g/mol. The summed E-state index contributed by atoms with van der Waals surface area (Å²) in [6, 6.07) is 5.62. The van der Waals surface area contributed by atoms with E-state index in [2.05, 4.69) is 5.16 Å². The molecule has 0 unspecified atom stereocenters. The summed E-state index contributed by atoms with van der Waals surface area (Å²) in [6.45, 7) is 3.96. The van der Waals surface area contributed by atoms with Gasteiger partial charge < -0.3 is 15.8 Å². The molecule has 0 radical (unpaired) electrons. The highest BCUT2D eigenvalue weighted by atomic mass is 16.4. The SMILES string of the molecule is Cc1ccc(C(=O)N(C)C/C(N)=N/O)c(C)c1. The third kappa shape index (κ3) is 3.21. The van der Waals surface area contributed by atoms with Gasteiger partial charge in [0.25, 0.3) is 5.91 Å². The Balaban J connectivity index is 2.89. The summed E-state index contributed by atoms with van der Waals surface area (Å²) in [7, 11) is 1.61. The maximum Gasteiger partial charge on any atom is 0.254 e. The second-order valence-electron chi connectivity index (χ2n) is 4.07. The van der Waals surface area contributed by atoms with Crippen LogP contribution in [0.5, 0.6) is 0 Å². The van der Waals surface area contributed by atoms with Gasteiger partial charge in [0.15, 0.2) is 5.84 Å². The molecule has 0 aliphatic carbocycles. The van der Waals surface area contributed by atoms with Crippen LogP contribution in [0.15, 0.2) is 23.4 Å². The molecule has 0 aliphatic rings. The molecule has 0 aromatic heterocycles. The summed E-state index contributed by atoms with van der Waals surface area (Å²) in [5, 5.41) is 11.3. The van der Waals surface area contributed by atoms with E-state index in [-0.39, 0.29) is 18.3 Å². The fraction of sp³-hybridized carbons (Fsp3) is 0.333. The first-order valence-electron chi connectivity index (χ1n) is 5.25. The van der Waals surface area contributed by atoms with Crippen LogP contribution >= 0.6 is 0 Å². The summed E-state index contributed by atoms with van der Waals surface area (Å²) in [6.07, 6.45) is 0. The van der Waals surface area contributed by atoms with Crippen molar-refractivity contribution in [2.45, 2.75) is 13.8 Å². The molecule has 5 nitrogen and oxygen atoms in total. The lowest BCUT2D eigenvalue weighted by Crippen LogP contribution is -2.35. The predicted octanol–water partition coefficient (Wildman–Crippen LogP) is 1.12. The zero-order chi connectivity index (χ0) is 13.0. The smallest absolute Gasteiger partial charge is 0.254 e. The van der Waals surface area contributed by atoms with Crippen LogP contribution in [0.2, 0.25) is 0 Å². The number of amidine groups is 1. The second kappa shape index (κ2) is 5.34. The number of rotatable bonds is 3. The van der Waals surface area contributed by atoms with Crippen molar-refractivity contribution in [1.29, 1.82) is 0 Å². The minimum Gasteiger partial charge on any atom is -0.409 e. The molecular formula is C12H17N3O2. The monoisotopic (exact) mass is 235 g/mol. The van der Waals surface area contributed by atoms with Crippen LogP contribution in [0, 0.1) is 13.8 Å². The molecule has 17 heavy (non-hydrogen) atoms. The van der Waals surface area contributed by atoms with Crippen LogP contribution in [-0.2, 0) is 0 Å². The van der Waals surface area contributed by atoms with E-state index in [1.807, 2.05) is 26.0 Å². The van der Waals surface area contributed by atoms with E-state index in [0.29, 0.717) is 5.56 Å². The zero-order valence-corrected chi connectivity index (χ0v) is 10.3. The Morgan fingerprint density at radius 3 is 2.65 bits per heavy atom. The number of hydrogen-bond acceptors (Lipinski definition) is 3. The van der Waals surface area contributed by atoms with Crippen LogP contribution in [-0.4, -0.2) is 35.4 Å². The third-order valence-electron chi connectivity index (χ3n) is 2.49. The van der Waals surface area contributed by atoms with Crippen molar-refractivity contribution >= 4 is 11.7 Å². The molecule has 3 N–H and O–H groups in total. The summed E-state index contributed by atoms with van der Waals surface area (Å²) in [5.74, 6) is -0.139. The molecule has 92 valence electrons. The minimum atomic E-state index is -0.144. The fourth-order valence-corrected chi connectivity index (χ4v) is 1.61. The van der Waals surface area contributed by atoms with Crippen molar-refractivity contribution < 1.29 is 10.0 Å². The maximum absolute atomic E-state index is 12.1. The molecule has 0 aliphatic heterocycles. The molecule has 5 heteroatoms. The van der Waals surface area contributed by atoms with Crippen molar-refractivity contribution in [2.75, 3.05) is 13.6 Å². The van der Waals surface area contributed by atoms with Crippen LogP contribution in [0.25, 0.3) is 0 Å². The average molecular weight is 235 g/mol. The summed E-state index contributed by atoms with van der Waals surface area (Å²) < 4.78 is 0. The van der Waals surface area contributed by atoms with Gasteiger partial charge in [-0.1, -0.05) is 22.9 Å². The number of amides is 1. The number of benzene rings is 1. The van der Waals surface area contributed by atoms with Gasteiger partial charge in [-0.3, -0.25) is 4.79 Å². The Labute approximate surface area is 101 Å². The topological polar surface area (TPSA) is 78.9 Å². The van der Waals surface area contributed by atoms with E-state index in [1.54, 1.807) is 13.1 Å². The van der Waals surface area contributed by atoms with Crippen LogP contribution < -0.4 is 5.73 Å². The molecule has 1 rings (SSSR count). The van der Waals surface area contributed by atoms with E-state index < -0.39 is 0 Å². The van der Waals surface area contributed by atoms with Crippen molar-refractivity contribution in [1.82, 2.24) is 4.90 Å². The highest BCUT2D eigenvalue weighted by molar-refractivity contribution is 5.98. The van der Waals surface area contributed by atoms with E-state index in [9.17, 15) is 4.79 Å². The molecule has 0 heterocycles. The number of aryl methyl sites for hydroxylation is 2. The zero-order valence-electron chi connectivity index (χ0n) is 10.3. The quantitative estimate of drug-likeness (QED) is 0.356. The molecule has 1 aromatic carbocycles. The Kier molecular flexibility index (Phi) is 4.09. The first-order chi connectivity index (χ1) is 7.95. The van der Waals surface area contributed by atoms with Gasteiger partial charge in [-0.2, -0.15) is 0 Å². The van der Waals surface area contributed by atoms with Crippen molar-refractivity contribution in [3.05, 3.63) is 34.9 Å². The second-order valence-corrected chi connectivity index (χ2v) is 4.07. The molecule has 0 bridgehead atoms. The van der Waals surface area contributed by atoms with E-state index in [1.165, 1.54) is 4.90 Å². The Morgan fingerprint density at radius 2 is 2.12 bits per heavy atom. The first-order valence-corrected chi connectivity index (χ1v) is 5.25. The Bertz CT molecular complexity index is 455. The number of carbonyl (C=O) groups is 1. The lowest BCUT2D eigenvalue weighted by atomic mass is 10.0. The van der Waals surface area contributed by atoms with Crippen LogP contribution in [0.3, 0.4) is 0 Å². The van der Waals surface area contributed by atoms with Gasteiger partial charge in [-0.15, -0.1) is 0 Å². The summed E-state index contributed by atoms with van der Waals surface area (Å²) >= 11 is 0. The van der Waals surface area contributed by atoms with Gasteiger partial charge in [-0.25, -0.2) is 0 Å². The Morgan fingerprint density at radius 1 is 1.47 bits per heavy atom. The molecule has 0 saturated heterocycles. The van der Waals surface area contributed by atoms with Gasteiger partial charge in [0.2, 0.25) is 0 Å². The maximum atomic E-state index is 12.1. The number of hydrogen-bond donors (Lipinski definition) is 2. The van der Waals surface area contributed by atoms with Crippen molar-refractivity contribution in [3.8, 4) is 0 Å². The summed E-state index contributed by atoms with van der Waals surface area (Å²) in [5.41, 5.74) is 8.01. The highest BCUT2D eigenvalue weighted by Crippen LogP contribution is 2.12. The molecule has 0 fully saturated rings. The molecule has 0 saturated carbocycles. The number of nitrogens with two attached hydrogens (primary N) is 1. The van der Waals surface area contributed by atoms with E-state index >= 15 is 0 Å². The number of carbonyl (C=O) groups excluding carboxylic acids is 1. The largest absolute Gasteiger partial charge is 0.409 e. The third-order valence-corrected chi connectivity index (χ3v) is 2.49. The van der Waals surface area contributed by atoms with Crippen molar-refractivity contribution in [3.63, 3.8) is 0 Å². The van der Waals surface area contributed by atoms with Gasteiger partial charge in [0.1, 0.15) is 0 Å². The molecule has 1 amide bonds. The lowest BCUT2D eigenvalue weighted by molar-refractivity contribution is 0.0813. The van der Waals surface area contributed by atoms with Crippen LogP contribution in [0.1, 0.15) is 21.5 Å². The van der Waals surface area contributed by atoms with Gasteiger partial charge in [0.05, 0.1) is 6.54 Å². The average Bonchev–Trinajstić information content (AvgIpc) is 2.28. The first kappa shape index (κ1) is 13.0. The predicted molar refractivity (Wildman–Crippen MR) is 66.3 cm³/mol. The molecule has 0 atom stereocenters. The number of nitrogens with zero attached hydrogens (tertiary/aromatic N) is 2. The van der Waals surface area contributed by atoms with E-state index in [0.717, 1.165) is 11.1 Å². The molecule has 0 spiro atoms. The lowest BCUT2D eigenvalue weighted by Gasteiger charge is -2.17. The highest BCUT2D eigenvalue weighted by Gasteiger charge is 2.14. The van der Waals surface area contributed by atoms with Crippen molar-refractivity contribution in [2.24, 2.45) is 10.9 Å². The summed E-state index contributed by atoms with van der Waals surface area (Å²) in [4.78, 5) is 13.5. The van der Waals surface area contributed by atoms with Gasteiger partial charge >= 0.3 is 0 Å². The standard InChI is InChI=1S/C12H17N3O2/c1-8-4-5-10(9(2)6-8)12(16)15(3)7-11(13)14-17/h4-6,17H,7H2,1-3H3,(H2,13,14). The van der Waals surface area contributed by atoms with Gasteiger partial charge in [-0.05, 0) is 25.5 Å². The fourth-order valence-electron chi connectivity index (χ4n) is 1.61. The normalized spacial score (nSPS) is 11.4.